The normalized spacial score (nSPS) is 13.1. The van der Waals surface area contributed by atoms with Crippen LogP contribution in [0.1, 0.15) is 26.4 Å². The number of rotatable bonds is 4. The highest BCUT2D eigenvalue weighted by atomic mass is 16.5. The molecular formula is C23H18N4O4. The molecule has 0 saturated carbocycles. The van der Waals surface area contributed by atoms with Crippen LogP contribution in [0, 0.1) is 6.92 Å². The van der Waals surface area contributed by atoms with Gasteiger partial charge in [-0.3, -0.25) is 9.59 Å². The van der Waals surface area contributed by atoms with E-state index in [1.807, 2.05) is 24.3 Å². The lowest BCUT2D eigenvalue weighted by Gasteiger charge is -2.16. The number of pyridine rings is 1. The molecule has 0 saturated heterocycles. The summed E-state index contributed by atoms with van der Waals surface area (Å²) in [5.41, 5.74) is 2.68. The number of aryl methyl sites for hydroxylation is 1. The third-order valence-electron chi connectivity index (χ3n) is 5.36. The van der Waals surface area contributed by atoms with Gasteiger partial charge in [-0.1, -0.05) is 24.3 Å². The molecule has 0 spiro atoms. The number of nitrogens with zero attached hydrogens (tertiary/aromatic N) is 4. The minimum Gasteiger partial charge on any atom is -0.495 e. The Kier molecular flexibility index (Phi) is 4.21. The van der Waals surface area contributed by atoms with Crippen LogP contribution in [0.15, 0.2) is 54.7 Å². The minimum absolute atomic E-state index is 0.242. The Morgan fingerprint density at radius 1 is 0.839 bits per heavy atom. The number of anilines is 1. The molecule has 3 heterocycles. The molecule has 8 nitrogen and oxygen atoms in total. The van der Waals surface area contributed by atoms with Crippen molar-refractivity contribution in [1.82, 2.24) is 14.8 Å². The first-order chi connectivity index (χ1) is 15.1. The van der Waals surface area contributed by atoms with Crippen molar-refractivity contribution in [3.05, 3.63) is 71.5 Å². The summed E-state index contributed by atoms with van der Waals surface area (Å²) in [7, 11) is 3.08. The van der Waals surface area contributed by atoms with E-state index in [2.05, 4.69) is 10.1 Å². The van der Waals surface area contributed by atoms with Crippen molar-refractivity contribution in [3.63, 3.8) is 0 Å². The van der Waals surface area contributed by atoms with Crippen molar-refractivity contribution in [3.8, 4) is 17.2 Å². The maximum absolute atomic E-state index is 13.5. The van der Waals surface area contributed by atoms with Gasteiger partial charge in [0.1, 0.15) is 17.2 Å². The summed E-state index contributed by atoms with van der Waals surface area (Å²) in [6, 6.07) is 14.3. The Morgan fingerprint density at radius 3 is 2.13 bits per heavy atom. The van der Waals surface area contributed by atoms with Crippen molar-refractivity contribution in [2.45, 2.75) is 6.92 Å². The first-order valence-electron chi connectivity index (χ1n) is 9.60. The molecule has 0 unspecified atom stereocenters. The predicted molar refractivity (Wildman–Crippen MR) is 114 cm³/mol. The topological polar surface area (TPSA) is 86.6 Å². The van der Waals surface area contributed by atoms with Crippen molar-refractivity contribution >= 4 is 28.5 Å². The van der Waals surface area contributed by atoms with Crippen LogP contribution in [0.5, 0.6) is 11.5 Å². The SMILES string of the molecule is COc1ccccc1N1C(=O)c2cnc3c(c(C)nn3-c3ccccc3OC)c2C1=O. The van der Waals surface area contributed by atoms with Crippen molar-refractivity contribution in [2.24, 2.45) is 0 Å². The molecule has 0 atom stereocenters. The lowest BCUT2D eigenvalue weighted by molar-refractivity contribution is 0.0925. The first kappa shape index (κ1) is 18.8. The van der Waals surface area contributed by atoms with E-state index < -0.39 is 11.8 Å². The van der Waals surface area contributed by atoms with Crippen molar-refractivity contribution in [1.29, 1.82) is 0 Å². The zero-order chi connectivity index (χ0) is 21.7. The number of imide groups is 1. The van der Waals surface area contributed by atoms with Gasteiger partial charge in [-0.05, 0) is 31.2 Å². The maximum Gasteiger partial charge on any atom is 0.267 e. The fourth-order valence-corrected chi connectivity index (χ4v) is 3.97. The fraction of sp³-hybridized carbons (Fsp3) is 0.130. The average molecular weight is 414 g/mol. The predicted octanol–water partition coefficient (Wildman–Crippen LogP) is 3.55. The van der Waals surface area contributed by atoms with Crippen LogP contribution in [0.2, 0.25) is 0 Å². The fourth-order valence-electron chi connectivity index (χ4n) is 3.97. The molecule has 31 heavy (non-hydrogen) atoms. The van der Waals surface area contributed by atoms with E-state index >= 15 is 0 Å². The van der Waals surface area contributed by atoms with E-state index in [-0.39, 0.29) is 5.56 Å². The summed E-state index contributed by atoms with van der Waals surface area (Å²) >= 11 is 0. The van der Waals surface area contributed by atoms with E-state index in [4.69, 9.17) is 9.47 Å². The van der Waals surface area contributed by atoms with E-state index in [0.29, 0.717) is 45.2 Å². The standard InChI is InChI=1S/C23H18N4O4/c1-13-19-20-14(22(28)26(23(20)29)15-8-4-6-10-17(15)30-2)12-24-21(19)27(25-13)16-9-5-7-11-18(16)31-3/h4-12H,1-3H3. The van der Waals surface area contributed by atoms with Gasteiger partial charge in [-0.15, -0.1) is 0 Å². The minimum atomic E-state index is -0.441. The molecule has 0 N–H and O–H groups in total. The molecule has 0 radical (unpaired) electrons. The average Bonchev–Trinajstić information content (AvgIpc) is 3.27. The van der Waals surface area contributed by atoms with Crippen LogP contribution in [0.4, 0.5) is 5.69 Å². The summed E-state index contributed by atoms with van der Waals surface area (Å²) < 4.78 is 12.4. The number of fused-ring (bicyclic) bond motifs is 3. The molecular weight excluding hydrogens is 396 g/mol. The third-order valence-corrected chi connectivity index (χ3v) is 5.36. The number of carbonyl (C=O) groups is 2. The quantitative estimate of drug-likeness (QED) is 0.475. The molecule has 4 aromatic rings. The molecule has 0 aliphatic carbocycles. The first-order valence-corrected chi connectivity index (χ1v) is 9.60. The zero-order valence-electron chi connectivity index (χ0n) is 17.1. The molecule has 2 aromatic heterocycles. The number of amides is 2. The molecule has 1 aliphatic rings. The lowest BCUT2D eigenvalue weighted by Crippen LogP contribution is -2.29. The van der Waals surface area contributed by atoms with Crippen molar-refractivity contribution < 1.29 is 19.1 Å². The second-order valence-corrected chi connectivity index (χ2v) is 7.03. The van der Waals surface area contributed by atoms with Crippen LogP contribution >= 0.6 is 0 Å². The van der Waals surface area contributed by atoms with E-state index in [9.17, 15) is 9.59 Å². The van der Waals surface area contributed by atoms with Crippen molar-refractivity contribution in [2.75, 3.05) is 19.1 Å². The van der Waals surface area contributed by atoms with Gasteiger partial charge >= 0.3 is 0 Å². The van der Waals surface area contributed by atoms with Crippen LogP contribution in [-0.2, 0) is 0 Å². The number of aromatic nitrogens is 3. The highest BCUT2D eigenvalue weighted by Crippen LogP contribution is 2.38. The van der Waals surface area contributed by atoms with E-state index in [1.54, 1.807) is 43.0 Å². The van der Waals surface area contributed by atoms with E-state index in [1.165, 1.54) is 13.3 Å². The Labute approximate surface area is 177 Å². The molecule has 0 fully saturated rings. The third kappa shape index (κ3) is 2.61. The molecule has 2 amide bonds. The van der Waals surface area contributed by atoms with Gasteiger partial charge in [0, 0.05) is 6.20 Å². The summed E-state index contributed by atoms with van der Waals surface area (Å²) in [4.78, 5) is 32.3. The molecule has 2 aromatic carbocycles. The Morgan fingerprint density at radius 2 is 1.45 bits per heavy atom. The number of benzene rings is 2. The van der Waals surface area contributed by atoms with Gasteiger partial charge in [0.15, 0.2) is 5.65 Å². The van der Waals surface area contributed by atoms with Crippen LogP contribution < -0.4 is 14.4 Å². The second-order valence-electron chi connectivity index (χ2n) is 7.03. The lowest BCUT2D eigenvalue weighted by atomic mass is 10.1. The highest BCUT2D eigenvalue weighted by molar-refractivity contribution is 6.37. The largest absolute Gasteiger partial charge is 0.495 e. The van der Waals surface area contributed by atoms with Gasteiger partial charge in [0.2, 0.25) is 0 Å². The molecule has 1 aliphatic heterocycles. The number of hydrogen-bond donors (Lipinski definition) is 0. The number of para-hydroxylation sites is 4. The second kappa shape index (κ2) is 6.94. The monoisotopic (exact) mass is 414 g/mol. The number of hydrogen-bond acceptors (Lipinski definition) is 6. The zero-order valence-corrected chi connectivity index (χ0v) is 17.1. The maximum atomic E-state index is 13.5. The summed E-state index contributed by atoms with van der Waals surface area (Å²) in [6.45, 7) is 1.79. The molecule has 8 heteroatoms. The van der Waals surface area contributed by atoms with Crippen LogP contribution in [0.25, 0.3) is 16.7 Å². The molecule has 0 bridgehead atoms. The summed E-state index contributed by atoms with van der Waals surface area (Å²) in [6.07, 6.45) is 1.43. The van der Waals surface area contributed by atoms with Gasteiger partial charge in [-0.25, -0.2) is 14.6 Å². The number of carbonyl (C=O) groups excluding carboxylic acids is 2. The number of ether oxygens (including phenoxy) is 2. The summed E-state index contributed by atoms with van der Waals surface area (Å²) in [5.74, 6) is 0.179. The highest BCUT2D eigenvalue weighted by Gasteiger charge is 2.41. The Bertz CT molecular complexity index is 1380. The smallest absolute Gasteiger partial charge is 0.267 e. The van der Waals surface area contributed by atoms with Crippen LogP contribution in [-0.4, -0.2) is 40.8 Å². The van der Waals surface area contributed by atoms with Gasteiger partial charge in [-0.2, -0.15) is 5.10 Å². The Hall–Kier alpha value is -4.20. The number of methoxy groups -OCH3 is 2. The van der Waals surface area contributed by atoms with E-state index in [0.717, 1.165) is 4.90 Å². The van der Waals surface area contributed by atoms with Gasteiger partial charge < -0.3 is 9.47 Å². The molecule has 5 rings (SSSR count). The van der Waals surface area contributed by atoms with Gasteiger partial charge in [0.05, 0.1) is 42.1 Å². The summed E-state index contributed by atoms with van der Waals surface area (Å²) in [5, 5.41) is 5.15. The van der Waals surface area contributed by atoms with Gasteiger partial charge in [0.25, 0.3) is 11.8 Å². The molecule has 154 valence electrons. The van der Waals surface area contributed by atoms with Crippen LogP contribution in [0.3, 0.4) is 0 Å². The Balaban J connectivity index is 1.73.